The number of esters is 1. The summed E-state index contributed by atoms with van der Waals surface area (Å²) in [6.07, 6.45) is -1.39. The molecular formula is C10H14ClNO4. The number of carbonyl (C=O) groups excluding carboxylic acids is 1. The standard InChI is InChI=1S/C10H13NO4.ClH/c1-2-15-10(14)9(13)11-7-3-5-8(12)6-4-7;/h3-6,9,11-13H,2H2,1H3;1H. The van der Waals surface area contributed by atoms with Crippen LogP contribution in [-0.2, 0) is 9.53 Å². The number of anilines is 1. The lowest BCUT2D eigenvalue weighted by atomic mass is 10.3. The molecule has 1 aromatic rings. The summed E-state index contributed by atoms with van der Waals surface area (Å²) in [5.74, 6) is -0.614. The number of carbonyl (C=O) groups is 1. The molecule has 90 valence electrons. The molecule has 0 heterocycles. The van der Waals surface area contributed by atoms with E-state index in [2.05, 4.69) is 10.1 Å². The normalized spacial score (nSPS) is 11.1. The number of hydrogen-bond acceptors (Lipinski definition) is 5. The van der Waals surface area contributed by atoms with Gasteiger partial charge in [-0.15, -0.1) is 12.4 Å². The van der Waals surface area contributed by atoms with Crippen LogP contribution >= 0.6 is 12.4 Å². The summed E-state index contributed by atoms with van der Waals surface area (Å²) in [4.78, 5) is 11.0. The number of ether oxygens (including phenoxy) is 1. The Morgan fingerprint density at radius 2 is 2.00 bits per heavy atom. The minimum absolute atomic E-state index is 0. The molecule has 0 aliphatic heterocycles. The summed E-state index contributed by atoms with van der Waals surface area (Å²) in [5.41, 5.74) is 0.522. The Morgan fingerprint density at radius 1 is 1.44 bits per heavy atom. The van der Waals surface area contributed by atoms with Gasteiger partial charge in [0.1, 0.15) is 5.75 Å². The number of hydrogen-bond donors (Lipinski definition) is 3. The Bertz CT molecular complexity index is 328. The largest absolute Gasteiger partial charge is 0.508 e. The van der Waals surface area contributed by atoms with Crippen molar-refractivity contribution in [3.63, 3.8) is 0 Å². The molecule has 1 rings (SSSR count). The Kier molecular flexibility index (Phi) is 6.29. The van der Waals surface area contributed by atoms with Crippen molar-refractivity contribution < 1.29 is 19.7 Å². The molecule has 6 heteroatoms. The monoisotopic (exact) mass is 247 g/mol. The highest BCUT2D eigenvalue weighted by Gasteiger charge is 2.15. The molecule has 1 unspecified atom stereocenters. The third-order valence-corrected chi connectivity index (χ3v) is 1.68. The van der Waals surface area contributed by atoms with E-state index in [0.29, 0.717) is 5.69 Å². The number of phenolic OH excluding ortho intramolecular Hbond substituents is 1. The molecule has 0 aliphatic carbocycles. The first-order valence-corrected chi connectivity index (χ1v) is 4.53. The number of rotatable bonds is 4. The van der Waals surface area contributed by atoms with Crippen molar-refractivity contribution in [3.05, 3.63) is 24.3 Å². The van der Waals surface area contributed by atoms with Crippen LogP contribution in [0.3, 0.4) is 0 Å². The molecule has 0 aromatic heterocycles. The van der Waals surface area contributed by atoms with Crippen molar-refractivity contribution >= 4 is 24.1 Å². The molecule has 0 amide bonds. The zero-order valence-corrected chi connectivity index (χ0v) is 9.53. The molecule has 5 nitrogen and oxygen atoms in total. The van der Waals surface area contributed by atoms with Crippen molar-refractivity contribution in [1.82, 2.24) is 0 Å². The molecule has 1 aromatic carbocycles. The van der Waals surface area contributed by atoms with Crippen LogP contribution in [0.2, 0.25) is 0 Å². The van der Waals surface area contributed by atoms with Crippen molar-refractivity contribution in [2.45, 2.75) is 13.2 Å². The zero-order valence-electron chi connectivity index (χ0n) is 8.71. The molecule has 3 N–H and O–H groups in total. The second-order valence-electron chi connectivity index (χ2n) is 2.85. The van der Waals surface area contributed by atoms with Gasteiger partial charge in [0, 0.05) is 5.69 Å². The van der Waals surface area contributed by atoms with Crippen molar-refractivity contribution in [3.8, 4) is 5.75 Å². The van der Waals surface area contributed by atoms with Crippen LogP contribution < -0.4 is 5.32 Å². The number of aromatic hydroxyl groups is 1. The second kappa shape index (κ2) is 6.92. The van der Waals surface area contributed by atoms with E-state index >= 15 is 0 Å². The first-order valence-electron chi connectivity index (χ1n) is 4.53. The molecule has 1 atom stereocenters. The van der Waals surface area contributed by atoms with Gasteiger partial charge in [-0.2, -0.15) is 0 Å². The summed E-state index contributed by atoms with van der Waals surface area (Å²) in [7, 11) is 0. The summed E-state index contributed by atoms with van der Waals surface area (Å²) in [6, 6.07) is 5.97. The predicted molar refractivity (Wildman–Crippen MR) is 61.6 cm³/mol. The Balaban J connectivity index is 0.00000225. The average Bonchev–Trinajstić information content (AvgIpc) is 2.22. The van der Waals surface area contributed by atoms with Crippen LogP contribution in [-0.4, -0.2) is 29.0 Å². The maximum Gasteiger partial charge on any atom is 0.356 e. The molecule has 0 saturated carbocycles. The maximum atomic E-state index is 11.0. The van der Waals surface area contributed by atoms with Crippen LogP contribution in [0.4, 0.5) is 5.69 Å². The van der Waals surface area contributed by atoms with Crippen molar-refractivity contribution in [2.24, 2.45) is 0 Å². The molecule has 0 bridgehead atoms. The first-order chi connectivity index (χ1) is 7.13. The third-order valence-electron chi connectivity index (χ3n) is 1.68. The van der Waals surface area contributed by atoms with E-state index in [9.17, 15) is 9.90 Å². The second-order valence-corrected chi connectivity index (χ2v) is 2.85. The van der Waals surface area contributed by atoms with Gasteiger partial charge in [-0.05, 0) is 31.2 Å². The summed E-state index contributed by atoms with van der Waals surface area (Å²) in [6.45, 7) is 1.87. The Hall–Kier alpha value is -1.46. The average molecular weight is 248 g/mol. The quantitative estimate of drug-likeness (QED) is 0.422. The summed E-state index contributed by atoms with van der Waals surface area (Å²) >= 11 is 0. The highest BCUT2D eigenvalue weighted by Crippen LogP contribution is 2.14. The fourth-order valence-electron chi connectivity index (χ4n) is 0.996. The van der Waals surface area contributed by atoms with Crippen LogP contribution in [0.1, 0.15) is 6.92 Å². The van der Waals surface area contributed by atoms with Gasteiger partial charge in [0.2, 0.25) is 6.23 Å². The molecule has 16 heavy (non-hydrogen) atoms. The smallest absolute Gasteiger partial charge is 0.356 e. The number of benzene rings is 1. The predicted octanol–water partition coefficient (Wildman–Crippen LogP) is 1.11. The van der Waals surface area contributed by atoms with Gasteiger partial charge in [0.05, 0.1) is 6.61 Å². The third kappa shape index (κ3) is 4.37. The Labute approximate surface area is 99.5 Å². The van der Waals surface area contributed by atoms with Gasteiger partial charge in [0.15, 0.2) is 0 Å². The van der Waals surface area contributed by atoms with Crippen LogP contribution in [0, 0.1) is 0 Å². The zero-order chi connectivity index (χ0) is 11.3. The van der Waals surface area contributed by atoms with E-state index in [1.54, 1.807) is 6.92 Å². The lowest BCUT2D eigenvalue weighted by Crippen LogP contribution is -2.30. The highest BCUT2D eigenvalue weighted by atomic mass is 35.5. The van der Waals surface area contributed by atoms with Gasteiger partial charge >= 0.3 is 5.97 Å². The lowest BCUT2D eigenvalue weighted by Gasteiger charge is -2.12. The van der Waals surface area contributed by atoms with E-state index in [4.69, 9.17) is 5.11 Å². The number of aliphatic hydroxyl groups is 1. The van der Waals surface area contributed by atoms with Crippen LogP contribution in [0.15, 0.2) is 24.3 Å². The number of phenols is 1. The molecular weight excluding hydrogens is 234 g/mol. The molecule has 0 spiro atoms. The fraction of sp³-hybridized carbons (Fsp3) is 0.300. The van der Waals surface area contributed by atoms with Crippen LogP contribution in [0.25, 0.3) is 0 Å². The number of aliphatic hydroxyl groups excluding tert-OH is 1. The van der Waals surface area contributed by atoms with Gasteiger partial charge in [0.25, 0.3) is 0 Å². The minimum Gasteiger partial charge on any atom is -0.508 e. The molecule has 0 fully saturated rings. The lowest BCUT2D eigenvalue weighted by molar-refractivity contribution is -0.151. The molecule has 0 radical (unpaired) electrons. The van der Waals surface area contributed by atoms with E-state index < -0.39 is 12.2 Å². The van der Waals surface area contributed by atoms with Crippen molar-refractivity contribution in [2.75, 3.05) is 11.9 Å². The highest BCUT2D eigenvalue weighted by molar-refractivity contribution is 5.85. The van der Waals surface area contributed by atoms with Gasteiger partial charge in [-0.1, -0.05) is 0 Å². The van der Waals surface area contributed by atoms with Crippen molar-refractivity contribution in [1.29, 1.82) is 0 Å². The maximum absolute atomic E-state index is 11.0. The number of halogens is 1. The summed E-state index contributed by atoms with van der Waals surface area (Å²) < 4.78 is 4.60. The van der Waals surface area contributed by atoms with E-state index in [0.717, 1.165) is 0 Å². The van der Waals surface area contributed by atoms with Crippen LogP contribution in [0.5, 0.6) is 5.75 Å². The fourth-order valence-corrected chi connectivity index (χ4v) is 0.996. The topological polar surface area (TPSA) is 78.8 Å². The van der Waals surface area contributed by atoms with E-state index in [1.165, 1.54) is 24.3 Å². The van der Waals surface area contributed by atoms with Gasteiger partial charge in [-0.25, -0.2) is 4.79 Å². The summed E-state index contributed by atoms with van der Waals surface area (Å²) in [5, 5.41) is 20.8. The van der Waals surface area contributed by atoms with E-state index in [-0.39, 0.29) is 24.8 Å². The first kappa shape index (κ1) is 14.5. The SMILES string of the molecule is CCOC(=O)C(O)Nc1ccc(O)cc1.Cl. The number of nitrogens with one attached hydrogen (secondary N) is 1. The van der Waals surface area contributed by atoms with E-state index in [1.807, 2.05) is 0 Å². The Morgan fingerprint density at radius 3 is 2.50 bits per heavy atom. The minimum atomic E-state index is -1.39. The van der Waals surface area contributed by atoms with Gasteiger partial charge in [-0.3, -0.25) is 0 Å². The van der Waals surface area contributed by atoms with Gasteiger partial charge < -0.3 is 20.3 Å². The molecule has 0 saturated heterocycles. The molecule has 0 aliphatic rings.